The molecule has 108 valence electrons. The van der Waals surface area contributed by atoms with Crippen molar-refractivity contribution in [1.82, 2.24) is 0 Å². The maximum absolute atomic E-state index is 11.8. The molecular weight excluding hydrogens is 296 g/mol. The number of nitro groups is 2. The zero-order chi connectivity index (χ0) is 15.7. The molecule has 11 heteroatoms. The zero-order valence-electron chi connectivity index (χ0n) is 9.97. The number of rotatable bonds is 5. The number of hydrogen-bond donors (Lipinski definition) is 1. The second-order valence-electron chi connectivity index (χ2n) is 3.80. The van der Waals surface area contributed by atoms with Gasteiger partial charge >= 0.3 is 5.97 Å². The fraction of sp³-hybridized carbons (Fsp3) is 0.222. The number of carboxylic acids is 1. The molecule has 0 aliphatic heterocycles. The van der Waals surface area contributed by atoms with Gasteiger partial charge in [0.25, 0.3) is 11.4 Å². The SMILES string of the molecule is Cc1cc([N+](=O)[O-])c(S(=O)(=O)CC(=O)O)c([N+](=O)[O-])c1. The van der Waals surface area contributed by atoms with Gasteiger partial charge in [-0.15, -0.1) is 0 Å². The summed E-state index contributed by atoms with van der Waals surface area (Å²) in [4.78, 5) is 28.8. The van der Waals surface area contributed by atoms with Gasteiger partial charge in [0.15, 0.2) is 5.75 Å². The van der Waals surface area contributed by atoms with Crippen molar-refractivity contribution in [1.29, 1.82) is 0 Å². The summed E-state index contributed by atoms with van der Waals surface area (Å²) in [6.45, 7) is 1.31. The molecule has 0 atom stereocenters. The number of nitro benzene ring substituents is 2. The van der Waals surface area contributed by atoms with E-state index in [-0.39, 0.29) is 5.56 Å². The molecule has 0 amide bonds. The van der Waals surface area contributed by atoms with Crippen LogP contribution in [0.15, 0.2) is 17.0 Å². The largest absolute Gasteiger partial charge is 0.480 e. The van der Waals surface area contributed by atoms with Crippen molar-refractivity contribution in [3.63, 3.8) is 0 Å². The highest BCUT2D eigenvalue weighted by Crippen LogP contribution is 2.34. The lowest BCUT2D eigenvalue weighted by Crippen LogP contribution is -2.18. The van der Waals surface area contributed by atoms with Crippen LogP contribution in [-0.2, 0) is 14.6 Å². The summed E-state index contributed by atoms with van der Waals surface area (Å²) in [7, 11) is -4.71. The third kappa shape index (κ3) is 3.06. The first kappa shape index (κ1) is 15.5. The molecule has 0 aliphatic rings. The van der Waals surface area contributed by atoms with Crippen molar-refractivity contribution in [2.75, 3.05) is 5.75 Å². The minimum Gasteiger partial charge on any atom is -0.480 e. The van der Waals surface area contributed by atoms with E-state index in [0.717, 1.165) is 12.1 Å². The van der Waals surface area contributed by atoms with Gasteiger partial charge in [0.1, 0.15) is 0 Å². The molecule has 0 saturated carbocycles. The monoisotopic (exact) mass is 304 g/mol. The smallest absolute Gasteiger partial charge is 0.319 e. The van der Waals surface area contributed by atoms with Gasteiger partial charge in [-0.2, -0.15) is 0 Å². The molecule has 1 aromatic rings. The van der Waals surface area contributed by atoms with Crippen LogP contribution < -0.4 is 0 Å². The van der Waals surface area contributed by atoms with Gasteiger partial charge in [-0.3, -0.25) is 25.0 Å². The summed E-state index contributed by atoms with van der Waals surface area (Å²) < 4.78 is 23.6. The predicted octanol–water partition coefficient (Wildman–Crippen LogP) is 0.670. The summed E-state index contributed by atoms with van der Waals surface area (Å²) in [5.74, 6) is -3.24. The Morgan fingerprint density at radius 3 is 1.90 bits per heavy atom. The van der Waals surface area contributed by atoms with Crippen LogP contribution in [0, 0.1) is 27.2 Å². The highest BCUT2D eigenvalue weighted by molar-refractivity contribution is 7.92. The Balaban J connectivity index is 3.78. The van der Waals surface area contributed by atoms with Gasteiger partial charge in [-0.25, -0.2) is 8.42 Å². The van der Waals surface area contributed by atoms with Gasteiger partial charge in [0, 0.05) is 12.1 Å². The number of hydrogen-bond acceptors (Lipinski definition) is 7. The number of aliphatic carboxylic acids is 1. The van der Waals surface area contributed by atoms with E-state index in [1.165, 1.54) is 6.92 Å². The maximum atomic E-state index is 11.8. The highest BCUT2D eigenvalue weighted by atomic mass is 32.2. The van der Waals surface area contributed by atoms with Crippen LogP contribution in [0.5, 0.6) is 0 Å². The summed E-state index contributed by atoms with van der Waals surface area (Å²) in [5, 5.41) is 30.2. The van der Waals surface area contributed by atoms with Crippen molar-refractivity contribution in [2.24, 2.45) is 0 Å². The third-order valence-electron chi connectivity index (χ3n) is 2.21. The number of carbonyl (C=O) groups is 1. The van der Waals surface area contributed by atoms with Crippen molar-refractivity contribution >= 4 is 27.2 Å². The third-order valence-corrected chi connectivity index (χ3v) is 3.88. The molecule has 0 unspecified atom stereocenters. The molecule has 10 nitrogen and oxygen atoms in total. The van der Waals surface area contributed by atoms with Crippen molar-refractivity contribution in [3.8, 4) is 0 Å². The van der Waals surface area contributed by atoms with Crippen molar-refractivity contribution in [2.45, 2.75) is 11.8 Å². The molecular formula is C9H8N2O8S. The van der Waals surface area contributed by atoms with Crippen LogP contribution in [0.1, 0.15) is 5.56 Å². The second-order valence-corrected chi connectivity index (χ2v) is 5.73. The number of benzene rings is 1. The van der Waals surface area contributed by atoms with Crippen LogP contribution in [-0.4, -0.2) is 35.1 Å². The van der Waals surface area contributed by atoms with E-state index in [1.807, 2.05) is 0 Å². The summed E-state index contributed by atoms with van der Waals surface area (Å²) >= 11 is 0. The van der Waals surface area contributed by atoms with E-state index in [0.29, 0.717) is 0 Å². The maximum Gasteiger partial charge on any atom is 0.319 e. The number of carboxylic acid groups (broad SMARTS) is 1. The van der Waals surface area contributed by atoms with Crippen LogP contribution >= 0.6 is 0 Å². The zero-order valence-corrected chi connectivity index (χ0v) is 10.8. The lowest BCUT2D eigenvalue weighted by molar-refractivity contribution is -0.399. The van der Waals surface area contributed by atoms with E-state index in [9.17, 15) is 33.4 Å². The molecule has 0 radical (unpaired) electrons. The Morgan fingerprint density at radius 1 is 1.20 bits per heavy atom. The van der Waals surface area contributed by atoms with Crippen LogP contribution in [0.25, 0.3) is 0 Å². The van der Waals surface area contributed by atoms with E-state index >= 15 is 0 Å². The minimum absolute atomic E-state index is 0.109. The second kappa shape index (κ2) is 5.21. The number of nitrogens with zero attached hydrogens (tertiary/aromatic N) is 2. The number of aryl methyl sites for hydroxylation is 1. The summed E-state index contributed by atoms with van der Waals surface area (Å²) in [6, 6.07) is 1.67. The molecule has 20 heavy (non-hydrogen) atoms. The molecule has 0 heterocycles. The van der Waals surface area contributed by atoms with Crippen molar-refractivity contribution < 1.29 is 28.2 Å². The first-order valence-corrected chi connectivity index (χ1v) is 6.59. The molecule has 0 saturated heterocycles. The normalized spacial score (nSPS) is 11.1. The quantitative estimate of drug-likeness (QED) is 0.613. The average molecular weight is 304 g/mol. The molecule has 0 fully saturated rings. The van der Waals surface area contributed by atoms with E-state index in [1.54, 1.807) is 0 Å². The summed E-state index contributed by atoms with van der Waals surface area (Å²) in [6.07, 6.45) is 0. The molecule has 1 aromatic carbocycles. The van der Waals surface area contributed by atoms with Gasteiger partial charge < -0.3 is 5.11 Å². The Labute approximate surface area is 111 Å². The standard InChI is InChI=1S/C9H8N2O8S/c1-5-2-6(10(14)15)9(7(3-5)11(16)17)20(18,19)4-8(12)13/h2-3H,4H2,1H3,(H,12,13). The lowest BCUT2D eigenvalue weighted by Gasteiger charge is -2.05. The van der Waals surface area contributed by atoms with Crippen LogP contribution in [0.3, 0.4) is 0 Å². The van der Waals surface area contributed by atoms with E-state index < -0.39 is 47.7 Å². The van der Waals surface area contributed by atoms with Gasteiger partial charge in [-0.1, -0.05) is 0 Å². The molecule has 0 bridgehead atoms. The molecule has 0 aliphatic carbocycles. The first-order valence-electron chi connectivity index (χ1n) is 4.94. The van der Waals surface area contributed by atoms with Gasteiger partial charge in [-0.05, 0) is 12.5 Å². The van der Waals surface area contributed by atoms with Gasteiger partial charge in [0.05, 0.1) is 9.85 Å². The topological polar surface area (TPSA) is 158 Å². The lowest BCUT2D eigenvalue weighted by atomic mass is 10.2. The molecule has 1 N–H and O–H groups in total. The van der Waals surface area contributed by atoms with E-state index in [2.05, 4.69) is 0 Å². The average Bonchev–Trinajstić information content (AvgIpc) is 2.25. The molecule has 0 spiro atoms. The Bertz CT molecular complexity index is 674. The minimum atomic E-state index is -4.71. The molecule has 0 aromatic heterocycles. The Kier molecular flexibility index (Phi) is 4.03. The van der Waals surface area contributed by atoms with E-state index in [4.69, 9.17) is 5.11 Å². The highest BCUT2D eigenvalue weighted by Gasteiger charge is 2.37. The number of sulfone groups is 1. The molecule has 1 rings (SSSR count). The van der Waals surface area contributed by atoms with Crippen LogP contribution in [0.4, 0.5) is 11.4 Å². The Hall–Kier alpha value is -2.56. The van der Waals surface area contributed by atoms with Crippen LogP contribution in [0.2, 0.25) is 0 Å². The summed E-state index contributed by atoms with van der Waals surface area (Å²) in [5.41, 5.74) is -1.92. The first-order chi connectivity index (χ1) is 9.06. The fourth-order valence-electron chi connectivity index (χ4n) is 1.56. The van der Waals surface area contributed by atoms with Gasteiger partial charge in [0.2, 0.25) is 14.7 Å². The Morgan fingerprint density at radius 2 is 1.60 bits per heavy atom. The fourth-order valence-corrected chi connectivity index (χ4v) is 2.93. The van der Waals surface area contributed by atoms with Crippen molar-refractivity contribution in [3.05, 3.63) is 37.9 Å². The predicted molar refractivity (Wildman–Crippen MR) is 64.2 cm³/mol.